The van der Waals surface area contributed by atoms with Crippen molar-refractivity contribution >= 4 is 29.1 Å². The van der Waals surface area contributed by atoms with Crippen molar-refractivity contribution in [3.63, 3.8) is 0 Å². The quantitative estimate of drug-likeness (QED) is 0.441. The lowest BCUT2D eigenvalue weighted by molar-refractivity contribution is 0.224. The molecule has 0 spiro atoms. The first-order chi connectivity index (χ1) is 14.6. The smallest absolute Gasteiger partial charge is 0.278 e. The highest BCUT2D eigenvalue weighted by Gasteiger charge is 2.21. The van der Waals surface area contributed by atoms with E-state index in [2.05, 4.69) is 57.5 Å². The van der Waals surface area contributed by atoms with Crippen molar-refractivity contribution in [1.82, 2.24) is 4.90 Å². The van der Waals surface area contributed by atoms with Crippen LogP contribution in [0.4, 0.5) is 14.5 Å². The van der Waals surface area contributed by atoms with E-state index in [1.165, 1.54) is 5.69 Å². The zero-order valence-corrected chi connectivity index (χ0v) is 18.3. The predicted molar refractivity (Wildman–Crippen MR) is 124 cm³/mol. The Bertz CT molecular complexity index is 849. The molecule has 0 amide bonds. The van der Waals surface area contributed by atoms with E-state index in [1.807, 2.05) is 42.3 Å². The zero-order valence-electron chi connectivity index (χ0n) is 17.5. The zero-order chi connectivity index (χ0) is 21.3. The predicted octanol–water partition coefficient (Wildman–Crippen LogP) is 5.50. The third-order valence-electron chi connectivity index (χ3n) is 5.11. The Balaban J connectivity index is 1.64. The minimum Gasteiger partial charge on any atom is -0.312 e. The average molecular weight is 431 g/mol. The maximum absolute atomic E-state index is 12.8. The van der Waals surface area contributed by atoms with Crippen LogP contribution in [0.3, 0.4) is 0 Å². The van der Waals surface area contributed by atoms with Gasteiger partial charge in [-0.1, -0.05) is 56.3 Å². The molecule has 0 atom stereocenters. The van der Waals surface area contributed by atoms with E-state index in [1.54, 1.807) is 0 Å². The van der Waals surface area contributed by atoms with Gasteiger partial charge in [0.05, 0.1) is 12.3 Å². The van der Waals surface area contributed by atoms with Crippen molar-refractivity contribution in [2.75, 3.05) is 29.7 Å². The van der Waals surface area contributed by atoms with Crippen molar-refractivity contribution in [2.24, 2.45) is 10.2 Å². The average Bonchev–Trinajstić information content (AvgIpc) is 3.28. The number of alkyl halides is 2. The van der Waals surface area contributed by atoms with E-state index >= 15 is 0 Å². The molecule has 3 rings (SSSR count). The summed E-state index contributed by atoms with van der Waals surface area (Å²) in [5, 5.41) is 7.53. The third-order valence-corrected chi connectivity index (χ3v) is 6.12. The van der Waals surface area contributed by atoms with Crippen LogP contribution in [0.2, 0.25) is 0 Å². The van der Waals surface area contributed by atoms with Crippen LogP contribution in [0.25, 0.3) is 0 Å². The molecule has 0 unspecified atom stereocenters. The molecule has 0 aromatic heterocycles. The van der Waals surface area contributed by atoms with Gasteiger partial charge in [0.1, 0.15) is 5.71 Å². The molecule has 7 heteroatoms. The number of halogens is 2. The highest BCUT2D eigenvalue weighted by Crippen LogP contribution is 2.25. The molecule has 2 aromatic carbocycles. The van der Waals surface area contributed by atoms with Crippen molar-refractivity contribution in [1.29, 1.82) is 0 Å². The molecule has 0 saturated heterocycles. The number of hydrogen-bond donors (Lipinski definition) is 0. The Labute approximate surface area is 181 Å². The molecule has 30 heavy (non-hydrogen) atoms. The highest BCUT2D eigenvalue weighted by molar-refractivity contribution is 8.00. The van der Waals surface area contributed by atoms with Gasteiger partial charge in [0.25, 0.3) is 6.43 Å². The van der Waals surface area contributed by atoms with Gasteiger partial charge in [0.15, 0.2) is 0 Å². The fourth-order valence-electron chi connectivity index (χ4n) is 3.24. The molecule has 2 aromatic rings. The van der Waals surface area contributed by atoms with E-state index in [0.717, 1.165) is 43.1 Å². The highest BCUT2D eigenvalue weighted by atomic mass is 32.2. The molecule has 0 fully saturated rings. The lowest BCUT2D eigenvalue weighted by atomic mass is 10.0. The Morgan fingerprint density at radius 1 is 0.967 bits per heavy atom. The molecule has 0 radical (unpaired) electrons. The molecule has 0 saturated carbocycles. The lowest BCUT2D eigenvalue weighted by Crippen LogP contribution is -2.27. The largest absolute Gasteiger partial charge is 0.312 e. The maximum Gasteiger partial charge on any atom is 0.278 e. The van der Waals surface area contributed by atoms with Crippen LogP contribution in [-0.4, -0.2) is 48.1 Å². The number of rotatable bonds is 11. The number of anilines is 1. The van der Waals surface area contributed by atoms with Gasteiger partial charge in [0.2, 0.25) is 0 Å². The van der Waals surface area contributed by atoms with Gasteiger partial charge in [-0.3, -0.25) is 0 Å². The molecule has 1 heterocycles. The Morgan fingerprint density at radius 2 is 1.67 bits per heavy atom. The molecule has 1 aliphatic rings. The van der Waals surface area contributed by atoms with Crippen LogP contribution in [0.15, 0.2) is 64.8 Å². The van der Waals surface area contributed by atoms with Crippen LogP contribution in [-0.2, 0) is 6.54 Å². The summed E-state index contributed by atoms with van der Waals surface area (Å²) in [6.07, 6.45) is -2.42. The van der Waals surface area contributed by atoms with Gasteiger partial charge in [-0.15, -0.1) is 0 Å². The number of hydrogen-bond acceptors (Lipinski definition) is 5. The minimum atomic E-state index is -2.54. The first-order valence-corrected chi connectivity index (χ1v) is 11.2. The van der Waals surface area contributed by atoms with Gasteiger partial charge in [0, 0.05) is 24.4 Å². The first-order valence-electron chi connectivity index (χ1n) is 10.3. The van der Waals surface area contributed by atoms with Gasteiger partial charge in [-0.25, -0.2) is 8.78 Å². The second kappa shape index (κ2) is 11.2. The fourth-order valence-corrected chi connectivity index (χ4v) is 4.31. The Hall–Kier alpha value is -2.25. The third kappa shape index (κ3) is 6.12. The van der Waals surface area contributed by atoms with Crippen LogP contribution in [0.5, 0.6) is 0 Å². The van der Waals surface area contributed by atoms with Crippen LogP contribution >= 0.6 is 11.9 Å². The molecule has 160 valence electrons. The van der Waals surface area contributed by atoms with Gasteiger partial charge >= 0.3 is 0 Å². The Morgan fingerprint density at radius 3 is 2.27 bits per heavy atom. The summed E-state index contributed by atoms with van der Waals surface area (Å²) in [7, 11) is 0. The summed E-state index contributed by atoms with van der Waals surface area (Å²) in [6.45, 7) is 8.31. The molecule has 0 aliphatic carbocycles. The molecule has 0 bridgehead atoms. The normalized spacial score (nSPS) is 13.7. The first kappa shape index (κ1) is 22.4. The summed E-state index contributed by atoms with van der Waals surface area (Å²) in [6, 6.07) is 18.3. The molecular weight excluding hydrogens is 402 g/mol. The SMILES string of the molecule is CCN(CC)CCSN(Cc1ccc(C2=NN=C(C(F)F)C2)cc1)c1ccccc1. The standard InChI is InChI=1S/C23H28F2N4S/c1-3-28(4-2)14-15-30-29(20-8-6-5-7-9-20)17-18-10-12-19(13-11-18)21-16-22(23(24)25)27-26-21/h5-13,23H,3-4,14-17H2,1-2H3. The van der Waals surface area contributed by atoms with Crippen LogP contribution < -0.4 is 4.31 Å². The topological polar surface area (TPSA) is 31.2 Å². The summed E-state index contributed by atoms with van der Waals surface area (Å²) >= 11 is 1.83. The lowest BCUT2D eigenvalue weighted by Gasteiger charge is -2.25. The van der Waals surface area contributed by atoms with Crippen LogP contribution in [0, 0.1) is 0 Å². The number of nitrogens with zero attached hydrogens (tertiary/aromatic N) is 4. The molecule has 4 nitrogen and oxygen atoms in total. The van der Waals surface area contributed by atoms with Crippen LogP contribution in [0.1, 0.15) is 31.4 Å². The summed E-state index contributed by atoms with van der Waals surface area (Å²) in [5.74, 6) is 1.01. The van der Waals surface area contributed by atoms with Crippen molar-refractivity contribution in [2.45, 2.75) is 33.2 Å². The number of benzene rings is 2. The summed E-state index contributed by atoms with van der Waals surface area (Å²) < 4.78 is 27.9. The van der Waals surface area contributed by atoms with Gasteiger partial charge < -0.3 is 9.21 Å². The second-order valence-corrected chi connectivity index (χ2v) is 8.15. The van der Waals surface area contributed by atoms with Gasteiger partial charge in [-0.2, -0.15) is 10.2 Å². The molecule has 1 aliphatic heterocycles. The van der Waals surface area contributed by atoms with E-state index < -0.39 is 6.43 Å². The van der Waals surface area contributed by atoms with E-state index in [0.29, 0.717) is 5.71 Å². The van der Waals surface area contributed by atoms with Gasteiger partial charge in [-0.05, 0) is 48.3 Å². The van der Waals surface area contributed by atoms with E-state index in [4.69, 9.17) is 0 Å². The fraction of sp³-hybridized carbons (Fsp3) is 0.391. The summed E-state index contributed by atoms with van der Waals surface area (Å²) in [5.41, 5.74) is 3.62. The molecular formula is C23H28F2N4S. The van der Waals surface area contributed by atoms with Crippen molar-refractivity contribution in [3.8, 4) is 0 Å². The maximum atomic E-state index is 12.8. The van der Waals surface area contributed by atoms with Crippen molar-refractivity contribution in [3.05, 3.63) is 65.7 Å². The monoisotopic (exact) mass is 430 g/mol. The minimum absolute atomic E-state index is 0.119. The summed E-state index contributed by atoms with van der Waals surface area (Å²) in [4.78, 5) is 2.42. The number of para-hydroxylation sites is 1. The van der Waals surface area contributed by atoms with E-state index in [9.17, 15) is 8.78 Å². The van der Waals surface area contributed by atoms with Crippen molar-refractivity contribution < 1.29 is 8.78 Å². The van der Waals surface area contributed by atoms with E-state index in [-0.39, 0.29) is 12.1 Å². The second-order valence-electron chi connectivity index (χ2n) is 7.04. The molecule has 0 N–H and O–H groups in total. The Kier molecular flexibility index (Phi) is 8.39.